The molecule has 0 fully saturated rings. The van der Waals surface area contributed by atoms with Crippen LogP contribution in [-0.2, 0) is 0 Å². The number of nitrogens with two attached hydrogens (primary N) is 1. The van der Waals surface area contributed by atoms with Crippen molar-refractivity contribution in [2.24, 2.45) is 5.73 Å². The van der Waals surface area contributed by atoms with Gasteiger partial charge in [0.05, 0.1) is 16.9 Å². The molecule has 15 heavy (non-hydrogen) atoms. The molecule has 0 radical (unpaired) electrons. The number of hydrogen-bond donors (Lipinski definition) is 2. The summed E-state index contributed by atoms with van der Waals surface area (Å²) in [6, 6.07) is 5.57. The minimum absolute atomic E-state index is 0.0746. The van der Waals surface area contributed by atoms with Crippen molar-refractivity contribution in [1.29, 1.82) is 0 Å². The fourth-order valence-corrected chi connectivity index (χ4v) is 1.62. The van der Waals surface area contributed by atoms with Crippen LogP contribution in [0.2, 0.25) is 0 Å². The average molecular weight is 206 g/mol. The van der Waals surface area contributed by atoms with E-state index in [2.05, 4.69) is 10.3 Å². The van der Waals surface area contributed by atoms with E-state index in [4.69, 9.17) is 10.8 Å². The summed E-state index contributed by atoms with van der Waals surface area (Å²) >= 11 is 0. The molecule has 0 bridgehead atoms. The van der Waals surface area contributed by atoms with E-state index < -0.39 is 0 Å². The zero-order chi connectivity index (χ0) is 10.8. The average Bonchev–Trinajstić information content (AvgIpc) is 2.61. The van der Waals surface area contributed by atoms with Crippen molar-refractivity contribution in [2.45, 2.75) is 19.4 Å². The molecule has 0 amide bonds. The Morgan fingerprint density at radius 2 is 2.33 bits per heavy atom. The van der Waals surface area contributed by atoms with Crippen LogP contribution in [0.15, 0.2) is 18.2 Å². The lowest BCUT2D eigenvalue weighted by Gasteiger charge is -2.11. The van der Waals surface area contributed by atoms with E-state index in [1.54, 1.807) is 4.52 Å². The summed E-state index contributed by atoms with van der Waals surface area (Å²) < 4.78 is 1.73. The van der Waals surface area contributed by atoms with E-state index in [-0.39, 0.29) is 12.6 Å². The highest BCUT2D eigenvalue weighted by Gasteiger charge is 2.11. The summed E-state index contributed by atoms with van der Waals surface area (Å²) in [7, 11) is 0. The second kappa shape index (κ2) is 3.96. The van der Waals surface area contributed by atoms with Gasteiger partial charge in [0.2, 0.25) is 0 Å². The van der Waals surface area contributed by atoms with Gasteiger partial charge in [-0.1, -0.05) is 11.3 Å². The molecular weight excluding hydrogens is 192 g/mol. The minimum atomic E-state index is -0.209. The highest BCUT2D eigenvalue weighted by atomic mass is 16.3. The second-order valence-corrected chi connectivity index (χ2v) is 3.54. The van der Waals surface area contributed by atoms with E-state index in [0.717, 1.165) is 16.9 Å². The Labute approximate surface area is 87.5 Å². The Balaban J connectivity index is 2.51. The molecule has 5 heteroatoms. The number of rotatable bonds is 3. The predicted octanol–water partition coefficient (Wildman–Crippen LogP) is 0.420. The number of fused-ring (bicyclic) bond motifs is 1. The van der Waals surface area contributed by atoms with Crippen LogP contribution in [0.3, 0.4) is 0 Å². The summed E-state index contributed by atoms with van der Waals surface area (Å²) in [6.45, 7) is 1.98. The Morgan fingerprint density at radius 1 is 1.53 bits per heavy atom. The van der Waals surface area contributed by atoms with Crippen LogP contribution in [0.5, 0.6) is 0 Å². The summed E-state index contributed by atoms with van der Waals surface area (Å²) in [5, 5.41) is 16.9. The van der Waals surface area contributed by atoms with Crippen LogP contribution in [0, 0.1) is 6.92 Å². The predicted molar refractivity (Wildman–Crippen MR) is 56.4 cm³/mol. The first-order valence-corrected chi connectivity index (χ1v) is 4.91. The molecule has 3 N–H and O–H groups in total. The zero-order valence-corrected chi connectivity index (χ0v) is 8.59. The van der Waals surface area contributed by atoms with Crippen LogP contribution < -0.4 is 5.73 Å². The van der Waals surface area contributed by atoms with E-state index >= 15 is 0 Å². The molecule has 0 aliphatic carbocycles. The molecule has 0 aliphatic heterocycles. The fraction of sp³-hybridized carbons (Fsp3) is 0.400. The lowest BCUT2D eigenvalue weighted by molar-refractivity contribution is 0.275. The lowest BCUT2D eigenvalue weighted by Crippen LogP contribution is -2.16. The Kier molecular flexibility index (Phi) is 2.66. The van der Waals surface area contributed by atoms with Crippen LogP contribution in [0.1, 0.15) is 23.9 Å². The van der Waals surface area contributed by atoms with Crippen molar-refractivity contribution in [3.05, 3.63) is 29.6 Å². The number of aliphatic hydroxyl groups is 1. The topological polar surface area (TPSA) is 76.4 Å². The minimum Gasteiger partial charge on any atom is -0.396 e. The van der Waals surface area contributed by atoms with Crippen molar-refractivity contribution >= 4 is 5.52 Å². The maximum absolute atomic E-state index is 8.85. The van der Waals surface area contributed by atoms with Gasteiger partial charge in [-0.2, -0.15) is 0 Å². The molecule has 0 aliphatic rings. The first kappa shape index (κ1) is 10.1. The van der Waals surface area contributed by atoms with E-state index in [0.29, 0.717) is 6.42 Å². The Morgan fingerprint density at radius 3 is 3.07 bits per heavy atom. The van der Waals surface area contributed by atoms with Crippen LogP contribution in [0.4, 0.5) is 0 Å². The molecular formula is C10H14N4O. The third-order valence-corrected chi connectivity index (χ3v) is 2.47. The van der Waals surface area contributed by atoms with Crippen LogP contribution in [0.25, 0.3) is 5.52 Å². The normalized spacial score (nSPS) is 13.3. The largest absolute Gasteiger partial charge is 0.396 e. The Bertz CT molecular complexity index is 465. The molecule has 2 aromatic heterocycles. The molecule has 2 heterocycles. The highest BCUT2D eigenvalue weighted by molar-refractivity contribution is 5.50. The van der Waals surface area contributed by atoms with Crippen LogP contribution >= 0.6 is 0 Å². The molecule has 2 rings (SSSR count). The number of pyridine rings is 1. The van der Waals surface area contributed by atoms with Gasteiger partial charge in [0.15, 0.2) is 0 Å². The monoisotopic (exact) mass is 206 g/mol. The van der Waals surface area contributed by atoms with Crippen molar-refractivity contribution < 1.29 is 5.11 Å². The van der Waals surface area contributed by atoms with Gasteiger partial charge in [-0.25, -0.2) is 4.52 Å². The van der Waals surface area contributed by atoms with Gasteiger partial charge in [-0.15, -0.1) is 5.10 Å². The third kappa shape index (κ3) is 1.71. The van der Waals surface area contributed by atoms with Gasteiger partial charge < -0.3 is 10.8 Å². The zero-order valence-electron chi connectivity index (χ0n) is 8.59. The molecule has 0 aromatic carbocycles. The number of aliphatic hydroxyl groups excluding tert-OH is 1. The standard InChI is InChI=1S/C10H14N4O/c1-7-9-3-2-4-10(8(11)5-6-15)14(9)13-12-7/h2-4,8,15H,5-6,11H2,1H3. The van der Waals surface area contributed by atoms with E-state index in [1.807, 2.05) is 25.1 Å². The highest BCUT2D eigenvalue weighted by Crippen LogP contribution is 2.16. The van der Waals surface area contributed by atoms with Crippen molar-refractivity contribution in [3.63, 3.8) is 0 Å². The van der Waals surface area contributed by atoms with Crippen molar-refractivity contribution in [1.82, 2.24) is 14.8 Å². The van der Waals surface area contributed by atoms with Crippen molar-refractivity contribution in [3.8, 4) is 0 Å². The summed E-state index contributed by atoms with van der Waals surface area (Å²) in [4.78, 5) is 0. The maximum Gasteiger partial charge on any atom is 0.0898 e. The molecule has 1 atom stereocenters. The summed E-state index contributed by atoms with van der Waals surface area (Å²) in [5.41, 5.74) is 8.65. The van der Waals surface area contributed by atoms with Gasteiger partial charge in [-0.3, -0.25) is 0 Å². The van der Waals surface area contributed by atoms with Gasteiger partial charge in [0.25, 0.3) is 0 Å². The smallest absolute Gasteiger partial charge is 0.0898 e. The van der Waals surface area contributed by atoms with Crippen molar-refractivity contribution in [2.75, 3.05) is 6.61 Å². The fourth-order valence-electron chi connectivity index (χ4n) is 1.62. The van der Waals surface area contributed by atoms with Gasteiger partial charge in [0.1, 0.15) is 0 Å². The molecule has 0 saturated heterocycles. The molecule has 0 saturated carbocycles. The number of aryl methyl sites for hydroxylation is 1. The SMILES string of the molecule is Cc1nnn2c(C(N)CCO)cccc12. The molecule has 80 valence electrons. The second-order valence-electron chi connectivity index (χ2n) is 3.54. The molecule has 5 nitrogen and oxygen atoms in total. The van der Waals surface area contributed by atoms with Gasteiger partial charge in [0, 0.05) is 12.6 Å². The third-order valence-electron chi connectivity index (χ3n) is 2.47. The molecule has 1 unspecified atom stereocenters. The quantitative estimate of drug-likeness (QED) is 0.763. The number of nitrogens with zero attached hydrogens (tertiary/aromatic N) is 3. The van der Waals surface area contributed by atoms with E-state index in [9.17, 15) is 0 Å². The summed E-state index contributed by atoms with van der Waals surface area (Å²) in [5.74, 6) is 0. The van der Waals surface area contributed by atoms with Gasteiger partial charge in [-0.05, 0) is 25.5 Å². The molecule has 0 spiro atoms. The van der Waals surface area contributed by atoms with E-state index in [1.165, 1.54) is 0 Å². The Hall–Kier alpha value is -1.46. The number of aromatic nitrogens is 3. The summed E-state index contributed by atoms with van der Waals surface area (Å²) in [6.07, 6.45) is 0.526. The van der Waals surface area contributed by atoms with Gasteiger partial charge >= 0.3 is 0 Å². The van der Waals surface area contributed by atoms with Crippen LogP contribution in [-0.4, -0.2) is 26.5 Å². The molecule has 2 aromatic rings. The lowest BCUT2D eigenvalue weighted by atomic mass is 10.1. The number of hydrogen-bond acceptors (Lipinski definition) is 4. The first-order chi connectivity index (χ1) is 7.24. The maximum atomic E-state index is 8.85. The first-order valence-electron chi connectivity index (χ1n) is 4.91.